The molecule has 1 N–H and O–H groups in total. The van der Waals surface area contributed by atoms with Gasteiger partial charge >= 0.3 is 5.97 Å². The lowest BCUT2D eigenvalue weighted by molar-refractivity contribution is -0.128. The molecule has 150 valence electrons. The van der Waals surface area contributed by atoms with Gasteiger partial charge in [-0.3, -0.25) is 14.5 Å². The van der Waals surface area contributed by atoms with Crippen LogP contribution in [-0.4, -0.2) is 41.9 Å². The molecule has 2 aromatic rings. The number of esters is 1. The van der Waals surface area contributed by atoms with Gasteiger partial charge in [0.1, 0.15) is 6.54 Å². The second-order valence-corrected chi connectivity index (χ2v) is 9.46. The Balaban J connectivity index is 1.43. The van der Waals surface area contributed by atoms with Crippen molar-refractivity contribution < 1.29 is 19.1 Å². The fourth-order valence-corrected chi connectivity index (χ4v) is 6.11. The minimum Gasteiger partial charge on any atom is -0.449 e. The van der Waals surface area contributed by atoms with Crippen molar-refractivity contribution in [1.82, 2.24) is 0 Å². The zero-order chi connectivity index (χ0) is 20.4. The van der Waals surface area contributed by atoms with Crippen molar-refractivity contribution in [3.8, 4) is 0 Å². The van der Waals surface area contributed by atoms with Gasteiger partial charge in [0, 0.05) is 11.5 Å². The molecule has 8 heteroatoms. The van der Waals surface area contributed by atoms with Crippen LogP contribution in [0.4, 0.5) is 11.4 Å². The Labute approximate surface area is 177 Å². The SMILES string of the molecule is C[C@@H](OC(=O)c1ccc(C2SCCS2)cc1)C(=O)N1CC(=O)Nc2ccccc21. The molecule has 0 aromatic heterocycles. The maximum absolute atomic E-state index is 12.9. The van der Waals surface area contributed by atoms with E-state index < -0.39 is 18.0 Å². The topological polar surface area (TPSA) is 75.7 Å². The van der Waals surface area contributed by atoms with E-state index in [9.17, 15) is 14.4 Å². The summed E-state index contributed by atoms with van der Waals surface area (Å²) in [5.41, 5.74) is 2.73. The van der Waals surface area contributed by atoms with Crippen molar-refractivity contribution in [3.63, 3.8) is 0 Å². The van der Waals surface area contributed by atoms with Gasteiger partial charge < -0.3 is 10.1 Å². The van der Waals surface area contributed by atoms with Crippen molar-refractivity contribution >= 4 is 52.7 Å². The lowest BCUT2D eigenvalue weighted by Crippen LogP contribution is -2.47. The molecule has 6 nitrogen and oxygen atoms in total. The molecule has 1 atom stereocenters. The van der Waals surface area contributed by atoms with Gasteiger partial charge in [-0.05, 0) is 36.8 Å². The third-order valence-electron chi connectivity index (χ3n) is 4.71. The normalized spacial score (nSPS) is 17.4. The quantitative estimate of drug-likeness (QED) is 0.749. The first-order chi connectivity index (χ1) is 14.0. The Morgan fingerprint density at radius 1 is 1.10 bits per heavy atom. The number of para-hydroxylation sites is 2. The molecule has 0 radical (unpaired) electrons. The molecular formula is C21H20N2O4S2. The van der Waals surface area contributed by atoms with Crippen LogP contribution in [-0.2, 0) is 14.3 Å². The largest absolute Gasteiger partial charge is 0.449 e. The molecule has 4 rings (SSSR count). The molecule has 2 aliphatic heterocycles. The van der Waals surface area contributed by atoms with Gasteiger partial charge in [-0.25, -0.2) is 4.79 Å². The number of fused-ring (bicyclic) bond motifs is 1. The Morgan fingerprint density at radius 2 is 1.79 bits per heavy atom. The smallest absolute Gasteiger partial charge is 0.338 e. The van der Waals surface area contributed by atoms with Crippen molar-refractivity contribution in [2.24, 2.45) is 0 Å². The van der Waals surface area contributed by atoms with E-state index in [4.69, 9.17) is 4.74 Å². The second kappa shape index (κ2) is 8.51. The van der Waals surface area contributed by atoms with Crippen LogP contribution in [0.5, 0.6) is 0 Å². The number of thioether (sulfide) groups is 2. The van der Waals surface area contributed by atoms with E-state index in [1.165, 1.54) is 17.4 Å². The molecule has 2 heterocycles. The van der Waals surface area contributed by atoms with E-state index in [1.807, 2.05) is 35.7 Å². The van der Waals surface area contributed by atoms with Gasteiger partial charge in [0.25, 0.3) is 5.91 Å². The molecule has 2 amide bonds. The van der Waals surface area contributed by atoms with E-state index in [1.54, 1.807) is 36.4 Å². The van der Waals surface area contributed by atoms with Gasteiger partial charge in [0.15, 0.2) is 6.10 Å². The molecule has 29 heavy (non-hydrogen) atoms. The summed E-state index contributed by atoms with van der Waals surface area (Å²) in [7, 11) is 0. The van der Waals surface area contributed by atoms with Gasteiger partial charge in [-0.2, -0.15) is 0 Å². The number of nitrogens with one attached hydrogen (secondary N) is 1. The van der Waals surface area contributed by atoms with Gasteiger partial charge in [-0.15, -0.1) is 23.5 Å². The van der Waals surface area contributed by atoms with Crippen LogP contribution >= 0.6 is 23.5 Å². The lowest BCUT2D eigenvalue weighted by atomic mass is 10.1. The fourth-order valence-electron chi connectivity index (χ4n) is 3.26. The average Bonchev–Trinajstić information content (AvgIpc) is 3.27. The Kier molecular flexibility index (Phi) is 5.82. The monoisotopic (exact) mass is 428 g/mol. The molecule has 0 spiro atoms. The highest BCUT2D eigenvalue weighted by molar-refractivity contribution is 8.19. The molecule has 0 bridgehead atoms. The zero-order valence-corrected chi connectivity index (χ0v) is 17.4. The van der Waals surface area contributed by atoms with Crippen LogP contribution in [0.25, 0.3) is 0 Å². The zero-order valence-electron chi connectivity index (χ0n) is 15.8. The molecule has 2 aromatic carbocycles. The summed E-state index contributed by atoms with van der Waals surface area (Å²) in [6.07, 6.45) is -1.01. The van der Waals surface area contributed by atoms with Gasteiger partial charge in [-0.1, -0.05) is 24.3 Å². The third-order valence-corrected chi connectivity index (χ3v) is 7.81. The van der Waals surface area contributed by atoms with Crippen LogP contribution < -0.4 is 10.2 Å². The van der Waals surface area contributed by atoms with Crippen LogP contribution in [0.1, 0.15) is 27.4 Å². The van der Waals surface area contributed by atoms with E-state index >= 15 is 0 Å². The maximum Gasteiger partial charge on any atom is 0.338 e. The summed E-state index contributed by atoms with van der Waals surface area (Å²) < 4.78 is 5.80. The number of nitrogens with zero attached hydrogens (tertiary/aromatic N) is 1. The predicted molar refractivity (Wildman–Crippen MR) is 116 cm³/mol. The standard InChI is InChI=1S/C21H20N2O4S2/c1-13(19(25)23-12-18(24)22-16-4-2-3-5-17(16)23)27-20(26)14-6-8-15(9-7-14)21-28-10-11-29-21/h2-9,13,21H,10-12H2,1H3,(H,22,24)/t13-/m1/s1. The van der Waals surface area contributed by atoms with E-state index in [0.29, 0.717) is 21.5 Å². The summed E-state index contributed by atoms with van der Waals surface area (Å²) in [4.78, 5) is 38.6. The third kappa shape index (κ3) is 4.28. The Bertz CT molecular complexity index is 942. The first kappa shape index (κ1) is 19.8. The molecule has 1 fully saturated rings. The summed E-state index contributed by atoms with van der Waals surface area (Å²) in [6, 6.07) is 14.4. The summed E-state index contributed by atoms with van der Waals surface area (Å²) in [5.74, 6) is 0.996. The molecule has 1 saturated heterocycles. The number of carbonyl (C=O) groups is 3. The van der Waals surface area contributed by atoms with Crippen molar-refractivity contribution in [2.45, 2.75) is 17.6 Å². The number of anilines is 2. The van der Waals surface area contributed by atoms with E-state index in [0.717, 1.165) is 11.5 Å². The highest BCUT2D eigenvalue weighted by Gasteiger charge is 2.31. The van der Waals surface area contributed by atoms with Crippen molar-refractivity contribution in [1.29, 1.82) is 0 Å². The minimum absolute atomic E-state index is 0.108. The van der Waals surface area contributed by atoms with Gasteiger partial charge in [0.2, 0.25) is 5.91 Å². The minimum atomic E-state index is -1.01. The highest BCUT2D eigenvalue weighted by Crippen LogP contribution is 2.45. The van der Waals surface area contributed by atoms with Crippen LogP contribution in [0, 0.1) is 0 Å². The Morgan fingerprint density at radius 3 is 2.52 bits per heavy atom. The number of rotatable bonds is 4. The number of benzene rings is 2. The first-order valence-electron chi connectivity index (χ1n) is 9.27. The fraction of sp³-hybridized carbons (Fsp3) is 0.286. The lowest BCUT2D eigenvalue weighted by Gasteiger charge is -2.30. The number of amides is 2. The van der Waals surface area contributed by atoms with Crippen molar-refractivity contribution in [3.05, 3.63) is 59.7 Å². The Hall–Kier alpha value is -2.45. The second-order valence-electron chi connectivity index (χ2n) is 6.73. The number of ether oxygens (including phenoxy) is 1. The molecule has 0 saturated carbocycles. The molecule has 0 aliphatic carbocycles. The first-order valence-corrected chi connectivity index (χ1v) is 11.4. The summed E-state index contributed by atoms with van der Waals surface area (Å²) in [5, 5.41) is 2.73. The number of carbonyl (C=O) groups excluding carboxylic acids is 3. The predicted octanol–water partition coefficient (Wildman–Crippen LogP) is 3.70. The van der Waals surface area contributed by atoms with Gasteiger partial charge in [0.05, 0.1) is 21.5 Å². The van der Waals surface area contributed by atoms with Crippen LogP contribution in [0.15, 0.2) is 48.5 Å². The van der Waals surface area contributed by atoms with Crippen LogP contribution in [0.3, 0.4) is 0 Å². The van der Waals surface area contributed by atoms with Crippen molar-refractivity contribution in [2.75, 3.05) is 28.3 Å². The summed E-state index contributed by atoms with van der Waals surface area (Å²) >= 11 is 3.80. The summed E-state index contributed by atoms with van der Waals surface area (Å²) in [6.45, 7) is 1.42. The molecule has 2 aliphatic rings. The number of hydrogen-bond donors (Lipinski definition) is 1. The average molecular weight is 429 g/mol. The maximum atomic E-state index is 12.9. The van der Waals surface area contributed by atoms with E-state index in [2.05, 4.69) is 5.32 Å². The molecular weight excluding hydrogens is 408 g/mol. The van der Waals surface area contributed by atoms with E-state index in [-0.39, 0.29) is 12.5 Å². The van der Waals surface area contributed by atoms with Crippen LogP contribution in [0.2, 0.25) is 0 Å². The highest BCUT2D eigenvalue weighted by atomic mass is 32.2. The molecule has 0 unspecified atom stereocenters. The number of hydrogen-bond acceptors (Lipinski definition) is 6.